The molecule has 0 radical (unpaired) electrons. The van der Waals surface area contributed by atoms with Gasteiger partial charge in [-0.1, -0.05) is 12.1 Å². The molecule has 1 aromatic carbocycles. The second-order valence-electron chi connectivity index (χ2n) is 6.65. The van der Waals surface area contributed by atoms with Crippen molar-refractivity contribution in [3.8, 4) is 0 Å². The molecule has 2 aliphatic rings. The average molecular weight is 345 g/mol. The molecule has 7 nitrogen and oxygen atoms in total. The summed E-state index contributed by atoms with van der Waals surface area (Å²) in [5.74, 6) is 0.377. The molecule has 0 saturated carbocycles. The van der Waals surface area contributed by atoms with E-state index in [0.717, 1.165) is 18.7 Å². The minimum Gasteiger partial charge on any atom is -0.442 e. The number of piperidine rings is 1. The Kier molecular flexibility index (Phi) is 4.92. The number of nitrogens with zero attached hydrogens (tertiary/aromatic N) is 2. The maximum Gasteiger partial charge on any atom is 0.414 e. The van der Waals surface area contributed by atoms with E-state index in [2.05, 4.69) is 5.32 Å². The monoisotopic (exact) mass is 345 g/mol. The molecule has 0 spiro atoms. The summed E-state index contributed by atoms with van der Waals surface area (Å²) in [5.41, 5.74) is 1.95. The van der Waals surface area contributed by atoms with Gasteiger partial charge in [0.25, 0.3) is 0 Å². The molecule has 2 fully saturated rings. The number of anilines is 1. The number of benzene rings is 1. The Bertz CT molecular complexity index is 673. The third kappa shape index (κ3) is 3.92. The zero-order chi connectivity index (χ0) is 18.0. The van der Waals surface area contributed by atoms with Crippen LogP contribution in [0.5, 0.6) is 0 Å². The predicted octanol–water partition coefficient (Wildman–Crippen LogP) is 1.48. The standard InChI is InChI=1S/C18H23N3O4/c1-12(22)19-9-16-11-21(18(24)25-16)15-6-3-13(4-7-15)14-5-8-17(23)20(2)10-14/h3-4,6-7,14,16H,5,8-11H2,1-2H3,(H,19,22)/t14?,16-/m0/s1. The molecular formula is C18H23N3O4. The Hall–Kier alpha value is -2.57. The third-order valence-corrected chi connectivity index (χ3v) is 4.76. The normalized spacial score (nSPS) is 23.6. The Labute approximate surface area is 146 Å². The molecule has 7 heteroatoms. The molecule has 1 unspecified atom stereocenters. The van der Waals surface area contributed by atoms with Crippen LogP contribution >= 0.6 is 0 Å². The highest BCUT2D eigenvalue weighted by molar-refractivity contribution is 5.89. The van der Waals surface area contributed by atoms with Crippen molar-refractivity contribution in [2.24, 2.45) is 0 Å². The van der Waals surface area contributed by atoms with E-state index in [1.807, 2.05) is 31.3 Å². The lowest BCUT2D eigenvalue weighted by molar-refractivity contribution is -0.132. The number of rotatable bonds is 4. The maximum atomic E-state index is 12.0. The molecular weight excluding hydrogens is 322 g/mol. The number of carbonyl (C=O) groups excluding carboxylic acids is 3. The minimum atomic E-state index is -0.397. The van der Waals surface area contributed by atoms with E-state index in [4.69, 9.17) is 4.74 Å². The first-order chi connectivity index (χ1) is 11.9. The summed E-state index contributed by atoms with van der Waals surface area (Å²) in [6.45, 7) is 2.89. The smallest absolute Gasteiger partial charge is 0.414 e. The first-order valence-corrected chi connectivity index (χ1v) is 8.50. The molecule has 2 atom stereocenters. The van der Waals surface area contributed by atoms with Crippen molar-refractivity contribution in [2.45, 2.75) is 31.8 Å². The predicted molar refractivity (Wildman–Crippen MR) is 92.4 cm³/mol. The van der Waals surface area contributed by atoms with Gasteiger partial charge >= 0.3 is 6.09 Å². The summed E-state index contributed by atoms with van der Waals surface area (Å²) in [5, 5.41) is 2.66. The summed E-state index contributed by atoms with van der Waals surface area (Å²) in [7, 11) is 1.83. The van der Waals surface area contributed by atoms with Crippen LogP contribution in [0.25, 0.3) is 0 Å². The second kappa shape index (κ2) is 7.13. The summed E-state index contributed by atoms with van der Waals surface area (Å²) in [6.07, 6.45) is 0.694. The SMILES string of the molecule is CC(=O)NC[C@H]1CN(c2ccc(C3CCC(=O)N(C)C3)cc2)C(=O)O1. The third-order valence-electron chi connectivity index (χ3n) is 4.76. The highest BCUT2D eigenvalue weighted by Gasteiger charge is 2.32. The van der Waals surface area contributed by atoms with E-state index >= 15 is 0 Å². The van der Waals surface area contributed by atoms with Gasteiger partial charge in [-0.05, 0) is 24.1 Å². The molecule has 2 saturated heterocycles. The van der Waals surface area contributed by atoms with Crippen molar-refractivity contribution >= 4 is 23.6 Å². The van der Waals surface area contributed by atoms with Gasteiger partial charge in [0, 0.05) is 38.5 Å². The van der Waals surface area contributed by atoms with Crippen LogP contribution < -0.4 is 10.2 Å². The molecule has 3 rings (SSSR count). The Morgan fingerprint density at radius 2 is 1.96 bits per heavy atom. The first kappa shape index (κ1) is 17.3. The molecule has 3 amide bonds. The van der Waals surface area contributed by atoms with Crippen LogP contribution in [0.3, 0.4) is 0 Å². The van der Waals surface area contributed by atoms with E-state index in [1.165, 1.54) is 12.5 Å². The summed E-state index contributed by atoms with van der Waals surface area (Å²) in [4.78, 5) is 38.0. The molecule has 1 aromatic rings. The minimum absolute atomic E-state index is 0.144. The fourth-order valence-electron chi connectivity index (χ4n) is 3.31. The summed E-state index contributed by atoms with van der Waals surface area (Å²) in [6, 6.07) is 7.84. The van der Waals surface area contributed by atoms with Gasteiger partial charge in [0.1, 0.15) is 6.10 Å². The van der Waals surface area contributed by atoms with Crippen LogP contribution in [0.4, 0.5) is 10.5 Å². The van der Waals surface area contributed by atoms with Gasteiger partial charge in [0.15, 0.2) is 0 Å². The number of likely N-dealkylation sites (tertiary alicyclic amines) is 1. The van der Waals surface area contributed by atoms with Crippen LogP contribution in [-0.2, 0) is 14.3 Å². The number of likely N-dealkylation sites (N-methyl/N-ethyl adjacent to an activating group) is 1. The van der Waals surface area contributed by atoms with Gasteiger partial charge in [0.2, 0.25) is 11.8 Å². The molecule has 2 heterocycles. The molecule has 134 valence electrons. The average Bonchev–Trinajstić information content (AvgIpc) is 2.96. The summed E-state index contributed by atoms with van der Waals surface area (Å²) >= 11 is 0. The zero-order valence-electron chi connectivity index (χ0n) is 14.5. The van der Waals surface area contributed by atoms with Crippen LogP contribution in [-0.4, -0.2) is 55.6 Å². The van der Waals surface area contributed by atoms with Crippen LogP contribution in [0.2, 0.25) is 0 Å². The quantitative estimate of drug-likeness (QED) is 0.897. The number of carbonyl (C=O) groups is 3. The molecule has 25 heavy (non-hydrogen) atoms. The lowest BCUT2D eigenvalue weighted by Gasteiger charge is -2.30. The highest BCUT2D eigenvalue weighted by atomic mass is 16.6. The topological polar surface area (TPSA) is 79.0 Å². The van der Waals surface area contributed by atoms with Gasteiger partial charge < -0.3 is 15.0 Å². The number of amides is 3. The van der Waals surface area contributed by atoms with E-state index in [1.54, 1.807) is 9.80 Å². The Morgan fingerprint density at radius 1 is 1.24 bits per heavy atom. The lowest BCUT2D eigenvalue weighted by atomic mass is 9.90. The maximum absolute atomic E-state index is 12.0. The Morgan fingerprint density at radius 3 is 2.60 bits per heavy atom. The number of hydrogen-bond donors (Lipinski definition) is 1. The highest BCUT2D eigenvalue weighted by Crippen LogP contribution is 2.29. The number of cyclic esters (lactones) is 1. The largest absolute Gasteiger partial charge is 0.442 e. The van der Waals surface area contributed by atoms with Gasteiger partial charge in [0.05, 0.1) is 13.1 Å². The van der Waals surface area contributed by atoms with Crippen molar-refractivity contribution < 1.29 is 19.1 Å². The van der Waals surface area contributed by atoms with Crippen molar-refractivity contribution in [3.63, 3.8) is 0 Å². The number of ether oxygens (including phenoxy) is 1. The first-order valence-electron chi connectivity index (χ1n) is 8.50. The molecule has 2 aliphatic heterocycles. The fraction of sp³-hybridized carbons (Fsp3) is 0.500. The number of hydrogen-bond acceptors (Lipinski definition) is 4. The van der Waals surface area contributed by atoms with Crippen LogP contribution in [0.1, 0.15) is 31.2 Å². The van der Waals surface area contributed by atoms with E-state index in [0.29, 0.717) is 25.4 Å². The second-order valence-corrected chi connectivity index (χ2v) is 6.65. The molecule has 1 N–H and O–H groups in total. The number of nitrogens with one attached hydrogen (secondary N) is 1. The Balaban J connectivity index is 1.63. The van der Waals surface area contributed by atoms with Crippen molar-refractivity contribution in [1.82, 2.24) is 10.2 Å². The molecule has 0 aliphatic carbocycles. The molecule has 0 bridgehead atoms. The van der Waals surface area contributed by atoms with Gasteiger partial charge in [-0.2, -0.15) is 0 Å². The van der Waals surface area contributed by atoms with Gasteiger partial charge in [-0.25, -0.2) is 4.79 Å². The van der Waals surface area contributed by atoms with Crippen molar-refractivity contribution in [1.29, 1.82) is 0 Å². The van der Waals surface area contributed by atoms with Gasteiger partial charge in [-0.15, -0.1) is 0 Å². The van der Waals surface area contributed by atoms with Gasteiger partial charge in [-0.3, -0.25) is 14.5 Å². The summed E-state index contributed by atoms with van der Waals surface area (Å²) < 4.78 is 5.28. The fourth-order valence-corrected chi connectivity index (χ4v) is 3.31. The lowest BCUT2D eigenvalue weighted by Crippen LogP contribution is -2.35. The van der Waals surface area contributed by atoms with E-state index < -0.39 is 6.09 Å². The molecule has 0 aromatic heterocycles. The van der Waals surface area contributed by atoms with Crippen molar-refractivity contribution in [3.05, 3.63) is 29.8 Å². The van der Waals surface area contributed by atoms with Crippen molar-refractivity contribution in [2.75, 3.05) is 31.6 Å². The van der Waals surface area contributed by atoms with E-state index in [-0.39, 0.29) is 17.9 Å². The zero-order valence-corrected chi connectivity index (χ0v) is 14.5. The van der Waals surface area contributed by atoms with Crippen LogP contribution in [0, 0.1) is 0 Å². The van der Waals surface area contributed by atoms with Crippen LogP contribution in [0.15, 0.2) is 24.3 Å². The van der Waals surface area contributed by atoms with E-state index in [9.17, 15) is 14.4 Å².